The van der Waals surface area contributed by atoms with E-state index in [0.29, 0.717) is 29.3 Å². The highest BCUT2D eigenvalue weighted by atomic mass is 16.5. The lowest BCUT2D eigenvalue weighted by molar-refractivity contribution is -0.152. The van der Waals surface area contributed by atoms with Crippen LogP contribution < -0.4 is 4.74 Å². The summed E-state index contributed by atoms with van der Waals surface area (Å²) in [7, 11) is 0. The van der Waals surface area contributed by atoms with Gasteiger partial charge in [0.1, 0.15) is 12.4 Å². The summed E-state index contributed by atoms with van der Waals surface area (Å²) in [6.45, 7) is 13.3. The molecule has 6 rings (SSSR count). The maximum absolute atomic E-state index is 11.4. The Hall–Kier alpha value is -1.80. The highest BCUT2D eigenvalue weighted by Crippen LogP contribution is 2.69. The third-order valence-electron chi connectivity index (χ3n) is 13.8. The molecule has 236 valence electrons. The fraction of sp³-hybridized carbons (Fsp3) is 0.707. The summed E-state index contributed by atoms with van der Waals surface area (Å²) < 4.78 is 6.06. The Bertz CT molecular complexity index is 1170. The van der Waals surface area contributed by atoms with Crippen molar-refractivity contribution in [1.82, 2.24) is 0 Å². The molecular weight excluding hydrogens is 524 g/mol. The Labute approximate surface area is 263 Å². The zero-order chi connectivity index (χ0) is 30.2. The van der Waals surface area contributed by atoms with Crippen molar-refractivity contribution in [2.24, 2.45) is 58.2 Å². The van der Waals surface area contributed by atoms with Crippen molar-refractivity contribution >= 4 is 0 Å². The number of ether oxygens (including phenoxy) is 1. The van der Waals surface area contributed by atoms with Crippen molar-refractivity contribution in [2.45, 2.75) is 124 Å². The summed E-state index contributed by atoms with van der Waals surface area (Å²) in [5, 5.41) is 11.4. The van der Waals surface area contributed by atoms with E-state index < -0.39 is 0 Å². The van der Waals surface area contributed by atoms with E-state index in [0.717, 1.165) is 54.1 Å². The third-order valence-corrected chi connectivity index (χ3v) is 13.8. The predicted molar refractivity (Wildman–Crippen MR) is 179 cm³/mol. The molecular formula is C41H60O2. The first-order chi connectivity index (χ1) is 20.7. The largest absolute Gasteiger partial charge is 0.489 e. The van der Waals surface area contributed by atoms with Crippen molar-refractivity contribution in [3.63, 3.8) is 0 Å². The molecule has 2 heteroatoms. The van der Waals surface area contributed by atoms with Crippen LogP contribution in [0.4, 0.5) is 0 Å². The number of aliphatic hydroxyl groups excluding tert-OH is 1. The van der Waals surface area contributed by atoms with Gasteiger partial charge in [0, 0.05) is 0 Å². The van der Waals surface area contributed by atoms with Crippen LogP contribution in [-0.4, -0.2) is 11.2 Å². The van der Waals surface area contributed by atoms with Crippen molar-refractivity contribution < 1.29 is 9.84 Å². The van der Waals surface area contributed by atoms with Gasteiger partial charge < -0.3 is 9.84 Å². The minimum atomic E-state index is -0.167. The van der Waals surface area contributed by atoms with Crippen LogP contribution in [0.15, 0.2) is 54.6 Å². The van der Waals surface area contributed by atoms with Crippen LogP contribution in [0.3, 0.4) is 0 Å². The van der Waals surface area contributed by atoms with Crippen LogP contribution in [0.2, 0.25) is 0 Å². The van der Waals surface area contributed by atoms with Crippen LogP contribution in [0.25, 0.3) is 0 Å². The van der Waals surface area contributed by atoms with Crippen LogP contribution in [-0.2, 0) is 13.0 Å². The fourth-order valence-electron chi connectivity index (χ4n) is 11.5. The minimum absolute atomic E-state index is 0.167. The average Bonchev–Trinajstić information content (AvgIpc) is 3.36. The molecule has 4 saturated carbocycles. The van der Waals surface area contributed by atoms with E-state index in [1.54, 1.807) is 0 Å². The highest BCUT2D eigenvalue weighted by molar-refractivity contribution is 5.28. The lowest BCUT2D eigenvalue weighted by Crippen LogP contribution is -2.57. The van der Waals surface area contributed by atoms with Gasteiger partial charge in [0.2, 0.25) is 0 Å². The SMILES string of the molecule is CC(C)CCC[C@@H](C)[C@H]1CC[C@H]2[C@@H]3CC[C@H]4[C@H](Cc5ccc(OCc6ccccc6)cc5)[C@@H](O)CC[C@]4(C)[C@H]3CC[C@]12C. The molecule has 1 N–H and O–H groups in total. The van der Waals surface area contributed by atoms with Crippen LogP contribution in [0.1, 0.15) is 116 Å². The van der Waals surface area contributed by atoms with Gasteiger partial charge in [-0.05, 0) is 139 Å². The van der Waals surface area contributed by atoms with E-state index in [9.17, 15) is 5.11 Å². The number of aliphatic hydroxyl groups is 1. The van der Waals surface area contributed by atoms with E-state index in [1.807, 2.05) is 6.07 Å². The quantitative estimate of drug-likeness (QED) is 0.301. The second kappa shape index (κ2) is 12.9. The van der Waals surface area contributed by atoms with E-state index in [1.165, 1.54) is 75.3 Å². The second-order valence-electron chi connectivity index (χ2n) is 16.5. The minimum Gasteiger partial charge on any atom is -0.489 e. The van der Waals surface area contributed by atoms with E-state index in [4.69, 9.17) is 4.74 Å². The molecule has 0 heterocycles. The molecule has 2 aromatic carbocycles. The summed E-state index contributed by atoms with van der Waals surface area (Å²) in [4.78, 5) is 0. The summed E-state index contributed by atoms with van der Waals surface area (Å²) in [6, 6.07) is 19.1. The van der Waals surface area contributed by atoms with Crippen molar-refractivity contribution in [3.05, 3.63) is 65.7 Å². The topological polar surface area (TPSA) is 29.5 Å². The van der Waals surface area contributed by atoms with Crippen molar-refractivity contribution in [1.29, 1.82) is 0 Å². The van der Waals surface area contributed by atoms with Gasteiger partial charge in [0.15, 0.2) is 0 Å². The van der Waals surface area contributed by atoms with Gasteiger partial charge in [-0.2, -0.15) is 0 Å². The number of hydrogen-bond donors (Lipinski definition) is 1. The van der Waals surface area contributed by atoms with Gasteiger partial charge in [-0.1, -0.05) is 96.3 Å². The molecule has 0 bridgehead atoms. The Morgan fingerprint density at radius 3 is 2.19 bits per heavy atom. The van der Waals surface area contributed by atoms with Gasteiger partial charge in [-0.3, -0.25) is 0 Å². The molecule has 2 nitrogen and oxygen atoms in total. The van der Waals surface area contributed by atoms with E-state index >= 15 is 0 Å². The number of rotatable bonds is 10. The summed E-state index contributed by atoms with van der Waals surface area (Å²) >= 11 is 0. The normalized spacial score (nSPS) is 37.8. The van der Waals surface area contributed by atoms with Gasteiger partial charge >= 0.3 is 0 Å². The molecule has 4 aliphatic rings. The smallest absolute Gasteiger partial charge is 0.119 e. The molecule has 0 amide bonds. The Balaban J connectivity index is 1.11. The Morgan fingerprint density at radius 2 is 1.44 bits per heavy atom. The lowest BCUT2D eigenvalue weighted by atomic mass is 9.42. The van der Waals surface area contributed by atoms with Gasteiger partial charge in [-0.25, -0.2) is 0 Å². The zero-order valence-electron chi connectivity index (χ0n) is 27.9. The summed E-state index contributed by atoms with van der Waals surface area (Å²) in [5.41, 5.74) is 3.48. The molecule has 4 fully saturated rings. The predicted octanol–water partition coefficient (Wildman–Crippen LogP) is 10.5. The van der Waals surface area contributed by atoms with E-state index in [-0.39, 0.29) is 6.10 Å². The number of benzene rings is 2. The number of hydrogen-bond acceptors (Lipinski definition) is 2. The standard InChI is InChI=1S/C41H60O2/c1-28(2)10-9-11-29(3)35-20-21-36-33-18-19-37-34(39(42)23-25-41(37,5)38(33)22-24-40(35,36)4)26-30-14-16-32(17-15-30)43-27-31-12-7-6-8-13-31/h6-8,12-17,28-29,33-39,42H,9-11,18-27H2,1-5H3/t29-,33+,34+,35-,36+,37+,38+,39+,40-,41+/m1/s1. The number of fused-ring (bicyclic) bond motifs is 5. The first kappa shape index (κ1) is 31.2. The first-order valence-corrected chi connectivity index (χ1v) is 18.1. The van der Waals surface area contributed by atoms with Crippen LogP contribution in [0.5, 0.6) is 5.75 Å². The Morgan fingerprint density at radius 1 is 0.744 bits per heavy atom. The summed E-state index contributed by atoms with van der Waals surface area (Å²) in [5.74, 6) is 7.27. The zero-order valence-corrected chi connectivity index (χ0v) is 27.9. The maximum Gasteiger partial charge on any atom is 0.119 e. The van der Waals surface area contributed by atoms with E-state index in [2.05, 4.69) is 83.1 Å². The molecule has 43 heavy (non-hydrogen) atoms. The van der Waals surface area contributed by atoms with Crippen molar-refractivity contribution in [2.75, 3.05) is 0 Å². The van der Waals surface area contributed by atoms with Gasteiger partial charge in [0.05, 0.1) is 6.10 Å². The molecule has 0 spiro atoms. The lowest BCUT2D eigenvalue weighted by Gasteiger charge is -2.63. The maximum atomic E-state index is 11.4. The van der Waals surface area contributed by atoms with Crippen LogP contribution in [0, 0.1) is 58.2 Å². The molecule has 0 radical (unpaired) electrons. The molecule has 4 aliphatic carbocycles. The molecule has 0 aromatic heterocycles. The average molecular weight is 585 g/mol. The third kappa shape index (κ3) is 6.21. The second-order valence-corrected chi connectivity index (χ2v) is 16.5. The monoisotopic (exact) mass is 584 g/mol. The van der Waals surface area contributed by atoms with Crippen LogP contribution >= 0.6 is 0 Å². The molecule has 0 saturated heterocycles. The fourth-order valence-corrected chi connectivity index (χ4v) is 11.5. The highest BCUT2D eigenvalue weighted by Gasteiger charge is 2.61. The first-order valence-electron chi connectivity index (χ1n) is 18.1. The van der Waals surface area contributed by atoms with Gasteiger partial charge in [0.25, 0.3) is 0 Å². The van der Waals surface area contributed by atoms with Crippen molar-refractivity contribution in [3.8, 4) is 5.75 Å². The molecule has 10 atom stereocenters. The molecule has 0 unspecified atom stereocenters. The molecule has 0 aliphatic heterocycles. The summed E-state index contributed by atoms with van der Waals surface area (Å²) in [6.07, 6.45) is 15.8. The molecule has 2 aromatic rings. The van der Waals surface area contributed by atoms with Gasteiger partial charge in [-0.15, -0.1) is 0 Å². The Kier molecular flexibility index (Phi) is 9.36.